The second-order valence-corrected chi connectivity index (χ2v) is 5.67. The monoisotopic (exact) mass is 289 g/mol. The van der Waals surface area contributed by atoms with Crippen molar-refractivity contribution in [1.29, 1.82) is 0 Å². The average Bonchev–Trinajstić information content (AvgIpc) is 2.85. The molecular weight excluding hydrogens is 270 g/mol. The van der Waals surface area contributed by atoms with Crippen LogP contribution in [0.15, 0.2) is 10.6 Å². The molecule has 1 fully saturated rings. The van der Waals surface area contributed by atoms with Gasteiger partial charge in [0.1, 0.15) is 0 Å². The van der Waals surface area contributed by atoms with Crippen LogP contribution in [0.1, 0.15) is 32.9 Å². The van der Waals surface area contributed by atoms with E-state index >= 15 is 0 Å². The maximum Gasteiger partial charge on any atom is 0.243 e. The van der Waals surface area contributed by atoms with Crippen LogP contribution in [0.25, 0.3) is 0 Å². The molecule has 2 rings (SSSR count). The number of hydrogen-bond donors (Lipinski definition) is 3. The van der Waals surface area contributed by atoms with Crippen molar-refractivity contribution in [2.24, 2.45) is 0 Å². The number of β-amino-alcohol motifs (C(OH)–C–C–N with tert-alkyl or cyclic N) is 1. The first-order valence-corrected chi connectivity index (χ1v) is 6.06. The largest absolute Gasteiger partial charge is 0.392 e. The Bertz CT molecular complexity index is 442. The van der Waals surface area contributed by atoms with Gasteiger partial charge in [-0.05, 0) is 6.42 Å². The highest BCUT2D eigenvalue weighted by Crippen LogP contribution is 2.23. The van der Waals surface area contributed by atoms with E-state index in [4.69, 9.17) is 4.52 Å². The van der Waals surface area contributed by atoms with E-state index in [1.807, 2.05) is 20.8 Å². The van der Waals surface area contributed by atoms with E-state index in [1.165, 1.54) is 0 Å². The van der Waals surface area contributed by atoms with Crippen LogP contribution in [0, 0.1) is 0 Å². The lowest BCUT2D eigenvalue weighted by molar-refractivity contribution is -0.118. The standard InChI is InChI=1S/C12H19N3O3.ClH/c1-12(2,3)9-5-10(18-15-9)14-11(17)8-4-7(16)6-13-8;/h5,7-8,13,16H,4,6H2,1-3H3,(H,14,17);1H/t7-,8+;/m1./s1. The maximum absolute atomic E-state index is 11.8. The number of hydrogen-bond acceptors (Lipinski definition) is 5. The Balaban J connectivity index is 0.00000180. The van der Waals surface area contributed by atoms with E-state index in [9.17, 15) is 9.90 Å². The second kappa shape index (κ2) is 5.90. The molecule has 2 heterocycles. The predicted octanol–water partition coefficient (Wildman–Crippen LogP) is 1.06. The summed E-state index contributed by atoms with van der Waals surface area (Å²) < 4.78 is 5.08. The highest BCUT2D eigenvalue weighted by atomic mass is 35.5. The molecule has 0 spiro atoms. The number of anilines is 1. The molecule has 1 aliphatic heterocycles. The van der Waals surface area contributed by atoms with E-state index in [-0.39, 0.29) is 29.8 Å². The van der Waals surface area contributed by atoms with E-state index in [0.29, 0.717) is 18.8 Å². The van der Waals surface area contributed by atoms with Gasteiger partial charge < -0.3 is 14.9 Å². The van der Waals surface area contributed by atoms with E-state index in [0.717, 1.165) is 5.69 Å². The molecule has 0 aliphatic carbocycles. The van der Waals surface area contributed by atoms with Crippen molar-refractivity contribution in [3.8, 4) is 0 Å². The van der Waals surface area contributed by atoms with Gasteiger partial charge in [-0.25, -0.2) is 0 Å². The summed E-state index contributed by atoms with van der Waals surface area (Å²) in [5.41, 5.74) is 0.672. The lowest BCUT2D eigenvalue weighted by Crippen LogP contribution is -2.35. The molecule has 1 saturated heterocycles. The van der Waals surface area contributed by atoms with Crippen molar-refractivity contribution in [2.75, 3.05) is 11.9 Å². The maximum atomic E-state index is 11.8. The Kier molecular flexibility index (Phi) is 4.95. The molecule has 2 atom stereocenters. The number of nitrogens with one attached hydrogen (secondary N) is 2. The molecule has 1 aromatic heterocycles. The first-order chi connectivity index (χ1) is 8.36. The molecule has 1 aromatic rings. The quantitative estimate of drug-likeness (QED) is 0.758. The molecular formula is C12H20ClN3O3. The number of nitrogens with zero attached hydrogens (tertiary/aromatic N) is 1. The summed E-state index contributed by atoms with van der Waals surface area (Å²) in [5.74, 6) is 0.135. The highest BCUT2D eigenvalue weighted by molar-refractivity contribution is 5.94. The Morgan fingerprint density at radius 3 is 2.74 bits per heavy atom. The van der Waals surface area contributed by atoms with Crippen molar-refractivity contribution in [3.63, 3.8) is 0 Å². The van der Waals surface area contributed by atoms with Crippen molar-refractivity contribution in [1.82, 2.24) is 10.5 Å². The zero-order valence-corrected chi connectivity index (χ0v) is 12.1. The first kappa shape index (κ1) is 15.9. The molecule has 1 aliphatic rings. The smallest absolute Gasteiger partial charge is 0.243 e. The minimum atomic E-state index is -0.458. The zero-order valence-electron chi connectivity index (χ0n) is 11.3. The van der Waals surface area contributed by atoms with Crippen LogP contribution < -0.4 is 10.6 Å². The summed E-state index contributed by atoms with van der Waals surface area (Å²) in [6.07, 6.45) is -0.0350. The fourth-order valence-electron chi connectivity index (χ4n) is 1.81. The average molecular weight is 290 g/mol. The minimum absolute atomic E-state index is 0. The number of carbonyl (C=O) groups excluding carboxylic acids is 1. The van der Waals surface area contributed by atoms with Gasteiger partial charge in [0.25, 0.3) is 0 Å². The fraction of sp³-hybridized carbons (Fsp3) is 0.667. The van der Waals surface area contributed by atoms with Gasteiger partial charge in [-0.15, -0.1) is 12.4 Å². The number of aromatic nitrogens is 1. The van der Waals surface area contributed by atoms with Crippen LogP contribution in [-0.2, 0) is 10.2 Å². The zero-order chi connectivity index (χ0) is 13.3. The Morgan fingerprint density at radius 1 is 1.58 bits per heavy atom. The van der Waals surface area contributed by atoms with E-state index in [1.54, 1.807) is 6.07 Å². The number of halogens is 1. The molecule has 3 N–H and O–H groups in total. The molecule has 0 radical (unpaired) electrons. The Labute approximate surface area is 118 Å². The van der Waals surface area contributed by atoms with Crippen molar-refractivity contribution >= 4 is 24.2 Å². The Hall–Kier alpha value is -1.11. The summed E-state index contributed by atoms with van der Waals surface area (Å²) in [5, 5.41) is 18.9. The predicted molar refractivity (Wildman–Crippen MR) is 73.5 cm³/mol. The van der Waals surface area contributed by atoms with Crippen LogP contribution in [-0.4, -0.2) is 34.9 Å². The lowest BCUT2D eigenvalue weighted by Gasteiger charge is -2.12. The third-order valence-electron chi connectivity index (χ3n) is 2.95. The number of rotatable bonds is 2. The van der Waals surface area contributed by atoms with Crippen LogP contribution >= 0.6 is 12.4 Å². The van der Waals surface area contributed by atoms with Crippen molar-refractivity contribution in [2.45, 2.75) is 44.8 Å². The summed E-state index contributed by atoms with van der Waals surface area (Å²) in [4.78, 5) is 11.8. The molecule has 19 heavy (non-hydrogen) atoms. The van der Waals surface area contributed by atoms with Gasteiger partial charge in [0.15, 0.2) is 0 Å². The summed E-state index contributed by atoms with van der Waals surface area (Å²) in [6.45, 7) is 6.50. The van der Waals surface area contributed by atoms with Gasteiger partial charge in [-0.3, -0.25) is 10.1 Å². The topological polar surface area (TPSA) is 87.4 Å². The van der Waals surface area contributed by atoms with Gasteiger partial charge in [-0.1, -0.05) is 25.9 Å². The summed E-state index contributed by atoms with van der Waals surface area (Å²) in [7, 11) is 0. The van der Waals surface area contributed by atoms with Crippen LogP contribution in [0.5, 0.6) is 0 Å². The van der Waals surface area contributed by atoms with Crippen molar-refractivity contribution in [3.05, 3.63) is 11.8 Å². The molecule has 0 aromatic carbocycles. The lowest BCUT2D eigenvalue weighted by atomic mass is 9.92. The van der Waals surface area contributed by atoms with Gasteiger partial charge in [0.2, 0.25) is 11.8 Å². The summed E-state index contributed by atoms with van der Waals surface area (Å²) in [6, 6.07) is 1.35. The first-order valence-electron chi connectivity index (χ1n) is 6.06. The van der Waals surface area contributed by atoms with Crippen molar-refractivity contribution < 1.29 is 14.4 Å². The molecule has 0 saturated carbocycles. The van der Waals surface area contributed by atoms with E-state index in [2.05, 4.69) is 15.8 Å². The minimum Gasteiger partial charge on any atom is -0.392 e. The molecule has 0 unspecified atom stereocenters. The van der Waals surface area contributed by atoms with Gasteiger partial charge in [-0.2, -0.15) is 0 Å². The van der Waals surface area contributed by atoms with Crippen LogP contribution in [0.2, 0.25) is 0 Å². The molecule has 108 valence electrons. The fourth-order valence-corrected chi connectivity index (χ4v) is 1.81. The highest BCUT2D eigenvalue weighted by Gasteiger charge is 2.29. The number of aliphatic hydroxyl groups excluding tert-OH is 1. The van der Waals surface area contributed by atoms with Crippen LogP contribution in [0.4, 0.5) is 5.88 Å². The SMILES string of the molecule is CC(C)(C)c1cc(NC(=O)[C@@H]2C[C@@H](O)CN2)on1.Cl. The molecule has 1 amide bonds. The number of amides is 1. The molecule has 0 bridgehead atoms. The number of aliphatic hydroxyl groups is 1. The molecule has 6 nitrogen and oxygen atoms in total. The van der Waals surface area contributed by atoms with Gasteiger partial charge in [0.05, 0.1) is 17.8 Å². The van der Waals surface area contributed by atoms with Gasteiger partial charge >= 0.3 is 0 Å². The molecule has 7 heteroatoms. The van der Waals surface area contributed by atoms with Gasteiger partial charge in [0, 0.05) is 18.0 Å². The van der Waals surface area contributed by atoms with Crippen LogP contribution in [0.3, 0.4) is 0 Å². The normalized spacial score (nSPS) is 22.9. The third kappa shape index (κ3) is 3.92. The summed E-state index contributed by atoms with van der Waals surface area (Å²) >= 11 is 0. The second-order valence-electron chi connectivity index (χ2n) is 5.67. The van der Waals surface area contributed by atoms with E-state index < -0.39 is 6.10 Å². The number of carbonyl (C=O) groups is 1. The third-order valence-corrected chi connectivity index (χ3v) is 2.95. The Morgan fingerprint density at radius 2 is 2.26 bits per heavy atom.